The number of amides is 1. The molecule has 6 heteroatoms. The van der Waals surface area contributed by atoms with Crippen molar-refractivity contribution in [2.24, 2.45) is 0 Å². The van der Waals surface area contributed by atoms with Gasteiger partial charge in [0.1, 0.15) is 5.82 Å². The van der Waals surface area contributed by atoms with E-state index in [1.165, 1.54) is 45.2 Å². The summed E-state index contributed by atoms with van der Waals surface area (Å²) in [5.74, 6) is -0.0103. The van der Waals surface area contributed by atoms with E-state index in [1.54, 1.807) is 30.0 Å². The Bertz CT molecular complexity index is 939. The van der Waals surface area contributed by atoms with Crippen LogP contribution < -0.4 is 4.90 Å². The average Bonchev–Trinajstić information content (AvgIpc) is 3.06. The van der Waals surface area contributed by atoms with Crippen LogP contribution in [-0.2, 0) is 10.5 Å². The molecule has 0 atom stereocenters. The number of aryl methyl sites for hydroxylation is 2. The van der Waals surface area contributed by atoms with E-state index in [2.05, 4.69) is 37.0 Å². The fraction of sp³-hybridized carbons (Fsp3) is 0.200. The molecule has 0 N–H and O–H groups in total. The fourth-order valence-corrected chi connectivity index (χ4v) is 4.34. The molecule has 0 aliphatic rings. The average molecular weight is 387 g/mol. The first-order chi connectivity index (χ1) is 12.5. The Morgan fingerprint density at radius 2 is 1.96 bits per heavy atom. The molecular formula is C20H19FN2OS2. The molecule has 0 unspecified atom stereocenters. The number of rotatable bonds is 5. The third-order valence-corrected chi connectivity index (χ3v) is 5.91. The lowest BCUT2D eigenvalue weighted by atomic mass is 10.1. The van der Waals surface area contributed by atoms with Crippen molar-refractivity contribution in [1.82, 2.24) is 4.98 Å². The molecule has 0 saturated heterocycles. The van der Waals surface area contributed by atoms with Gasteiger partial charge in [0.25, 0.3) is 0 Å². The fourth-order valence-electron chi connectivity index (χ4n) is 2.47. The second kappa shape index (κ2) is 8.01. The van der Waals surface area contributed by atoms with Gasteiger partial charge in [0.2, 0.25) is 5.91 Å². The molecular weight excluding hydrogens is 367 g/mol. The number of nitrogens with zero attached hydrogens (tertiary/aromatic N) is 2. The Morgan fingerprint density at radius 1 is 1.19 bits per heavy atom. The number of thioether (sulfide) groups is 1. The summed E-state index contributed by atoms with van der Waals surface area (Å²) in [5, 5.41) is 2.40. The molecule has 2 aromatic carbocycles. The van der Waals surface area contributed by atoms with Crippen molar-refractivity contribution < 1.29 is 9.18 Å². The number of para-hydroxylation sites is 1. The molecule has 3 nitrogen and oxygen atoms in total. The quantitative estimate of drug-likeness (QED) is 0.514. The van der Waals surface area contributed by atoms with Gasteiger partial charge in [0.05, 0.1) is 11.4 Å². The molecule has 26 heavy (non-hydrogen) atoms. The number of carbonyl (C=O) groups is 1. The Labute approximate surface area is 160 Å². The van der Waals surface area contributed by atoms with Gasteiger partial charge < -0.3 is 0 Å². The molecule has 1 amide bonds. The summed E-state index contributed by atoms with van der Waals surface area (Å²) in [6.07, 6.45) is 0. The van der Waals surface area contributed by atoms with Gasteiger partial charge >= 0.3 is 0 Å². The number of aromatic nitrogens is 1. The highest BCUT2D eigenvalue weighted by atomic mass is 32.2. The van der Waals surface area contributed by atoms with Crippen LogP contribution in [0.25, 0.3) is 0 Å². The van der Waals surface area contributed by atoms with Gasteiger partial charge in [-0.3, -0.25) is 9.69 Å². The molecule has 1 aromatic heterocycles. The van der Waals surface area contributed by atoms with Crippen molar-refractivity contribution in [3.63, 3.8) is 0 Å². The zero-order chi connectivity index (χ0) is 18.7. The summed E-state index contributed by atoms with van der Waals surface area (Å²) in [7, 11) is 0. The summed E-state index contributed by atoms with van der Waals surface area (Å²) < 4.78 is 14.1. The highest BCUT2D eigenvalue weighted by Crippen LogP contribution is 2.32. The summed E-state index contributed by atoms with van der Waals surface area (Å²) in [6, 6.07) is 12.6. The molecule has 3 rings (SSSR count). The lowest BCUT2D eigenvalue weighted by Gasteiger charge is -2.18. The Morgan fingerprint density at radius 3 is 2.65 bits per heavy atom. The number of hydrogen-bond donors (Lipinski definition) is 0. The maximum absolute atomic E-state index is 14.1. The summed E-state index contributed by atoms with van der Waals surface area (Å²) >= 11 is 3.04. The van der Waals surface area contributed by atoms with Crippen LogP contribution in [0.5, 0.6) is 0 Å². The van der Waals surface area contributed by atoms with Crippen LogP contribution in [-0.4, -0.2) is 10.9 Å². The van der Waals surface area contributed by atoms with Gasteiger partial charge in [0.15, 0.2) is 5.13 Å². The number of carbonyl (C=O) groups excluding carboxylic acids is 1. The first-order valence-electron chi connectivity index (χ1n) is 8.15. The van der Waals surface area contributed by atoms with Crippen LogP contribution in [0.3, 0.4) is 0 Å². The highest BCUT2D eigenvalue weighted by molar-refractivity contribution is 7.98. The van der Waals surface area contributed by atoms with Crippen LogP contribution in [0.1, 0.15) is 23.7 Å². The number of anilines is 2. The van der Waals surface area contributed by atoms with Crippen molar-refractivity contribution >= 4 is 39.8 Å². The van der Waals surface area contributed by atoms with Gasteiger partial charge in [-0.05, 0) is 49.2 Å². The lowest BCUT2D eigenvalue weighted by molar-refractivity contribution is -0.115. The smallest absolute Gasteiger partial charge is 0.230 e. The zero-order valence-electron chi connectivity index (χ0n) is 14.8. The second-order valence-electron chi connectivity index (χ2n) is 5.96. The standard InChI is InChI=1S/C20H19FN2OS2/c1-13-8-9-17(10-14(13)2)25-11-16-12-26-20(22-16)23(15(3)24)19-7-5-4-6-18(19)21/h4-10,12H,11H2,1-3H3. The molecule has 0 saturated carbocycles. The minimum atomic E-state index is -0.441. The van der Waals surface area contributed by atoms with E-state index in [0.717, 1.165) is 5.69 Å². The van der Waals surface area contributed by atoms with Gasteiger partial charge in [0, 0.05) is 23.0 Å². The highest BCUT2D eigenvalue weighted by Gasteiger charge is 2.20. The number of hydrogen-bond acceptors (Lipinski definition) is 4. The molecule has 0 spiro atoms. The third kappa shape index (κ3) is 4.14. The molecule has 0 radical (unpaired) electrons. The molecule has 3 aromatic rings. The number of thiazole rings is 1. The SMILES string of the molecule is CC(=O)N(c1nc(CSc2ccc(C)c(C)c2)cs1)c1ccccc1F. The van der Waals surface area contributed by atoms with E-state index in [4.69, 9.17) is 0 Å². The maximum Gasteiger partial charge on any atom is 0.230 e. The van der Waals surface area contributed by atoms with E-state index in [9.17, 15) is 9.18 Å². The number of halogens is 1. The summed E-state index contributed by atoms with van der Waals surface area (Å²) in [5.41, 5.74) is 3.63. The molecule has 1 heterocycles. The van der Waals surface area contributed by atoms with Gasteiger partial charge in [-0.1, -0.05) is 18.2 Å². The number of benzene rings is 2. The van der Waals surface area contributed by atoms with Crippen LogP contribution in [0, 0.1) is 19.7 Å². The largest absolute Gasteiger partial charge is 0.274 e. The summed E-state index contributed by atoms with van der Waals surface area (Å²) in [4.78, 5) is 19.1. The zero-order valence-corrected chi connectivity index (χ0v) is 16.5. The third-order valence-electron chi connectivity index (χ3n) is 4.00. The van der Waals surface area contributed by atoms with E-state index in [-0.39, 0.29) is 11.6 Å². The molecule has 0 aliphatic carbocycles. The van der Waals surface area contributed by atoms with Gasteiger partial charge in [-0.2, -0.15) is 0 Å². The monoisotopic (exact) mass is 386 g/mol. The first kappa shape index (κ1) is 18.6. The van der Waals surface area contributed by atoms with E-state index >= 15 is 0 Å². The predicted molar refractivity (Wildman–Crippen MR) is 107 cm³/mol. The second-order valence-corrected chi connectivity index (χ2v) is 7.85. The van der Waals surface area contributed by atoms with Crippen molar-refractivity contribution in [1.29, 1.82) is 0 Å². The molecule has 134 valence electrons. The van der Waals surface area contributed by atoms with Crippen molar-refractivity contribution in [2.75, 3.05) is 4.90 Å². The van der Waals surface area contributed by atoms with Gasteiger partial charge in [-0.25, -0.2) is 9.37 Å². The molecule has 0 fully saturated rings. The molecule has 0 aliphatic heterocycles. The van der Waals surface area contributed by atoms with E-state index in [0.29, 0.717) is 10.9 Å². The Kier molecular flexibility index (Phi) is 5.74. The van der Waals surface area contributed by atoms with Crippen molar-refractivity contribution in [3.8, 4) is 0 Å². The summed E-state index contributed by atoms with van der Waals surface area (Å²) in [6.45, 7) is 5.60. The predicted octanol–water partition coefficient (Wildman–Crippen LogP) is 5.88. The normalized spacial score (nSPS) is 10.8. The first-order valence-corrected chi connectivity index (χ1v) is 10.0. The molecule has 0 bridgehead atoms. The minimum Gasteiger partial charge on any atom is -0.274 e. The minimum absolute atomic E-state index is 0.225. The van der Waals surface area contributed by atoms with Crippen molar-refractivity contribution in [3.05, 3.63) is 70.5 Å². The Hall–Kier alpha value is -2.18. The van der Waals surface area contributed by atoms with Crippen molar-refractivity contribution in [2.45, 2.75) is 31.4 Å². The maximum atomic E-state index is 14.1. The van der Waals surface area contributed by atoms with E-state index < -0.39 is 5.82 Å². The van der Waals surface area contributed by atoms with Crippen LogP contribution in [0.2, 0.25) is 0 Å². The van der Waals surface area contributed by atoms with E-state index in [1.807, 2.05) is 5.38 Å². The Balaban J connectivity index is 1.78. The van der Waals surface area contributed by atoms with Crippen LogP contribution in [0.15, 0.2) is 52.7 Å². The van der Waals surface area contributed by atoms with Gasteiger partial charge in [-0.15, -0.1) is 23.1 Å². The lowest BCUT2D eigenvalue weighted by Crippen LogP contribution is -2.23. The van der Waals surface area contributed by atoms with Crippen LogP contribution >= 0.6 is 23.1 Å². The van der Waals surface area contributed by atoms with Crippen LogP contribution in [0.4, 0.5) is 15.2 Å². The topological polar surface area (TPSA) is 33.2 Å².